The van der Waals surface area contributed by atoms with E-state index in [0.29, 0.717) is 0 Å². The summed E-state index contributed by atoms with van der Waals surface area (Å²) in [6.07, 6.45) is 1.17. The van der Waals surface area contributed by atoms with Gasteiger partial charge in [0.2, 0.25) is 0 Å². The quantitative estimate of drug-likeness (QED) is 0.0885. The number of furan rings is 1. The second-order valence-corrected chi connectivity index (χ2v) is 16.4. The Bertz CT molecular complexity index is 1740. The smallest absolute Gasteiger partial charge is 0.155 e. The molecule has 1 radical (unpaired) electrons. The Kier molecular flexibility index (Phi) is 7.30. The third-order valence-corrected chi connectivity index (χ3v) is 9.12. The maximum Gasteiger partial charge on any atom is 0.155 e. The van der Waals surface area contributed by atoms with Crippen LogP contribution in [0.4, 0.5) is 0 Å². The monoisotopic (exact) mass is 699 g/mol. The molecule has 6 rings (SSSR count). The van der Waals surface area contributed by atoms with Crippen LogP contribution in [0.2, 0.25) is 19.6 Å². The number of nitrogens with zero attached hydrogens (tertiary/aromatic N) is 1. The molecular weight excluding hydrogens is 667 g/mol. The first-order chi connectivity index (χ1) is 17.4. The normalized spacial score (nSPS) is 14.0. The first kappa shape index (κ1) is 28.0. The second kappa shape index (κ2) is 9.92. The fourth-order valence-corrected chi connectivity index (χ4v) is 6.82. The van der Waals surface area contributed by atoms with E-state index < -0.39 is 8.07 Å². The first-order valence-corrected chi connectivity index (χ1v) is 16.1. The van der Waals surface area contributed by atoms with Gasteiger partial charge in [-0.3, -0.25) is 9.78 Å². The minimum absolute atomic E-state index is 0. The largest absolute Gasteiger partial charge is 0.512 e. The minimum atomic E-state index is -1.58. The molecule has 0 saturated carbocycles. The Morgan fingerprint density at radius 3 is 2.37 bits per heavy atom. The van der Waals surface area contributed by atoms with Gasteiger partial charge in [0.15, 0.2) is 5.78 Å². The number of ketones is 1. The average Bonchev–Trinajstić information content (AvgIpc) is 3.17. The van der Waals surface area contributed by atoms with Gasteiger partial charge in [0.1, 0.15) is 5.58 Å². The molecule has 0 spiro atoms. The number of aliphatic hydroxyl groups is 1. The zero-order valence-corrected chi connectivity index (χ0v) is 26.2. The summed E-state index contributed by atoms with van der Waals surface area (Å²) in [4.78, 5) is 15.2. The van der Waals surface area contributed by atoms with Gasteiger partial charge in [0.05, 0.1) is 24.9 Å². The van der Waals surface area contributed by atoms with Crippen LogP contribution in [0.3, 0.4) is 0 Å². The second-order valence-electron chi connectivity index (χ2n) is 11.4. The molecule has 0 bridgehead atoms. The van der Waals surface area contributed by atoms with E-state index in [0.717, 1.165) is 33.3 Å². The van der Waals surface area contributed by atoms with Gasteiger partial charge in [-0.05, 0) is 47.1 Å². The topological polar surface area (TPSA) is 63.3 Å². The van der Waals surface area contributed by atoms with E-state index in [1.807, 2.05) is 6.07 Å². The van der Waals surface area contributed by atoms with Gasteiger partial charge in [-0.25, -0.2) is 0 Å². The summed E-state index contributed by atoms with van der Waals surface area (Å²) in [5.74, 6) is -0.0625. The molecule has 0 atom stereocenters. The number of carbonyl (C=O) groups excluding carboxylic acids is 1. The maximum absolute atomic E-state index is 10.0. The summed E-state index contributed by atoms with van der Waals surface area (Å²) in [5, 5.41) is 13.3. The van der Waals surface area contributed by atoms with Crippen molar-refractivity contribution in [1.82, 2.24) is 4.98 Å². The number of pyridine rings is 1. The molecule has 0 amide bonds. The molecule has 0 unspecified atom stereocenters. The van der Waals surface area contributed by atoms with Crippen molar-refractivity contribution in [2.45, 2.75) is 52.8 Å². The predicted molar refractivity (Wildman–Crippen MR) is 155 cm³/mol. The van der Waals surface area contributed by atoms with Crippen LogP contribution >= 0.6 is 0 Å². The van der Waals surface area contributed by atoms with Crippen molar-refractivity contribution in [3.05, 3.63) is 83.6 Å². The standard InChI is InChI=1S/C27H24NOSi.C5H8O2.Ir/c1-27(2)18-13-14-22(30(3,4)5)26-24(18)23-17(10-8-12-21(23)29-26)25-19(27)15-16-9-6-7-11-20(16)28-25;1-4(6)3-5(2)7;/h6-9,11-15H,1-5H3;3,6H,1-2H3;/q-1;;/b;4-3-;. The number of carbonyl (C=O) groups is 1. The number of hydrogen-bond donors (Lipinski definition) is 1. The Labute approximate surface area is 238 Å². The zero-order chi connectivity index (χ0) is 26.7. The SMILES string of the molecule is CC(=O)/C=C(/C)O.CC1(C)c2cc3ccccc3nc2-c2[c-]ccc3oc4c([Si](C)(C)C)ccc1c4c23.[Ir]. The Balaban J connectivity index is 0.000000375. The molecule has 5 aromatic rings. The minimum Gasteiger partial charge on any atom is -0.512 e. The van der Waals surface area contributed by atoms with Crippen molar-refractivity contribution in [3.8, 4) is 11.3 Å². The Morgan fingerprint density at radius 2 is 1.74 bits per heavy atom. The van der Waals surface area contributed by atoms with Gasteiger partial charge in [-0.15, -0.1) is 17.7 Å². The average molecular weight is 699 g/mol. The molecule has 197 valence electrons. The molecule has 2 aromatic heterocycles. The number of hydrogen-bond acceptors (Lipinski definition) is 4. The van der Waals surface area contributed by atoms with Crippen LogP contribution in [0.5, 0.6) is 0 Å². The molecule has 0 saturated heterocycles. The molecule has 4 nitrogen and oxygen atoms in total. The number of allylic oxidation sites excluding steroid dienone is 2. The van der Waals surface area contributed by atoms with E-state index in [1.165, 1.54) is 47.0 Å². The molecule has 1 N–H and O–H groups in total. The van der Waals surface area contributed by atoms with Gasteiger partial charge >= 0.3 is 0 Å². The molecular formula is C32H32IrNO3Si-. The zero-order valence-electron chi connectivity index (χ0n) is 22.8. The van der Waals surface area contributed by atoms with Crippen molar-refractivity contribution in [2.24, 2.45) is 0 Å². The summed E-state index contributed by atoms with van der Waals surface area (Å²) in [7, 11) is -1.58. The molecule has 38 heavy (non-hydrogen) atoms. The summed E-state index contributed by atoms with van der Waals surface area (Å²) >= 11 is 0. The van der Waals surface area contributed by atoms with E-state index in [9.17, 15) is 4.79 Å². The third kappa shape index (κ3) is 4.66. The van der Waals surface area contributed by atoms with Crippen LogP contribution in [-0.4, -0.2) is 23.9 Å². The first-order valence-electron chi connectivity index (χ1n) is 12.6. The number of rotatable bonds is 2. The molecule has 1 aliphatic carbocycles. The van der Waals surface area contributed by atoms with Crippen molar-refractivity contribution in [2.75, 3.05) is 0 Å². The van der Waals surface area contributed by atoms with Crippen LogP contribution in [0.25, 0.3) is 44.1 Å². The van der Waals surface area contributed by atoms with Gasteiger partial charge in [0.25, 0.3) is 0 Å². The van der Waals surface area contributed by atoms with Crippen LogP contribution in [0.1, 0.15) is 38.8 Å². The predicted octanol–water partition coefficient (Wildman–Crippen LogP) is 7.82. The van der Waals surface area contributed by atoms with Crippen molar-refractivity contribution >= 4 is 51.9 Å². The van der Waals surface area contributed by atoms with Crippen molar-refractivity contribution in [3.63, 3.8) is 0 Å². The summed E-state index contributed by atoms with van der Waals surface area (Å²) in [6, 6.07) is 22.9. The van der Waals surface area contributed by atoms with Crippen LogP contribution < -0.4 is 5.19 Å². The van der Waals surface area contributed by atoms with E-state index in [1.54, 1.807) is 0 Å². The molecule has 0 fully saturated rings. The van der Waals surface area contributed by atoms with Gasteiger partial charge < -0.3 is 9.52 Å². The van der Waals surface area contributed by atoms with Gasteiger partial charge in [-0.2, -0.15) is 0 Å². The van der Waals surface area contributed by atoms with E-state index in [2.05, 4.69) is 88.1 Å². The summed E-state index contributed by atoms with van der Waals surface area (Å²) in [5.41, 5.74) is 7.47. The number of fused-ring (bicyclic) bond motifs is 3. The summed E-state index contributed by atoms with van der Waals surface area (Å²) in [6.45, 7) is 14.6. The van der Waals surface area contributed by atoms with E-state index >= 15 is 0 Å². The third-order valence-electron chi connectivity index (χ3n) is 7.11. The van der Waals surface area contributed by atoms with Gasteiger partial charge in [-0.1, -0.05) is 86.9 Å². The fraction of sp³-hybridized carbons (Fsp3) is 0.250. The van der Waals surface area contributed by atoms with E-state index in [4.69, 9.17) is 14.5 Å². The van der Waals surface area contributed by atoms with Crippen LogP contribution in [-0.2, 0) is 30.3 Å². The van der Waals surface area contributed by atoms with Crippen LogP contribution in [0, 0.1) is 6.07 Å². The van der Waals surface area contributed by atoms with Crippen molar-refractivity contribution < 1.29 is 34.4 Å². The summed E-state index contributed by atoms with van der Waals surface area (Å²) < 4.78 is 6.55. The van der Waals surface area contributed by atoms with Crippen LogP contribution in [0.15, 0.2) is 70.8 Å². The Hall–Kier alpha value is -3.05. The number of benzene rings is 3. The fourth-order valence-electron chi connectivity index (χ4n) is 5.38. The van der Waals surface area contributed by atoms with Crippen molar-refractivity contribution in [1.29, 1.82) is 0 Å². The molecule has 3 aromatic carbocycles. The number of para-hydroxylation sites is 1. The number of aromatic nitrogens is 1. The molecule has 2 heterocycles. The number of aliphatic hydroxyl groups excluding tert-OH is 1. The Morgan fingerprint density at radius 1 is 1.03 bits per heavy atom. The van der Waals surface area contributed by atoms with Gasteiger partial charge in [0, 0.05) is 31.6 Å². The molecule has 0 aliphatic heterocycles. The molecule has 1 aliphatic rings. The van der Waals surface area contributed by atoms with E-state index in [-0.39, 0.29) is 37.1 Å². The maximum atomic E-state index is 10.0. The molecule has 6 heteroatoms.